The van der Waals surface area contributed by atoms with Crippen molar-refractivity contribution in [3.05, 3.63) is 87.2 Å². The van der Waals surface area contributed by atoms with Crippen LogP contribution in [-0.4, -0.2) is 32.6 Å². The molecule has 1 amide bonds. The quantitative estimate of drug-likeness (QED) is 0.485. The van der Waals surface area contributed by atoms with Gasteiger partial charge in [-0.2, -0.15) is 5.10 Å². The van der Waals surface area contributed by atoms with Crippen molar-refractivity contribution in [2.75, 3.05) is 7.05 Å². The second-order valence-corrected chi connectivity index (χ2v) is 6.71. The minimum Gasteiger partial charge on any atom is -0.341 e. The number of aryl methyl sites for hydroxylation is 1. The largest absolute Gasteiger partial charge is 0.341 e. The van der Waals surface area contributed by atoms with Crippen LogP contribution in [0.3, 0.4) is 0 Å². The fourth-order valence-electron chi connectivity index (χ4n) is 3.19. The number of para-hydroxylation sites is 2. The number of rotatable bonds is 6. The van der Waals surface area contributed by atoms with E-state index in [4.69, 9.17) is 0 Å². The minimum atomic E-state index is -0.458. The molecule has 1 aromatic heterocycles. The highest BCUT2D eigenvalue weighted by atomic mass is 16.6. The predicted octanol–water partition coefficient (Wildman–Crippen LogP) is 3.60. The van der Waals surface area contributed by atoms with Gasteiger partial charge in [0.2, 0.25) is 5.91 Å². The molecule has 7 heteroatoms. The first-order chi connectivity index (χ1) is 13.4. The smallest absolute Gasteiger partial charge is 0.273 e. The lowest BCUT2D eigenvalue weighted by Crippen LogP contribution is -2.28. The summed E-state index contributed by atoms with van der Waals surface area (Å²) < 4.78 is 1.87. The van der Waals surface area contributed by atoms with Crippen molar-refractivity contribution in [2.24, 2.45) is 0 Å². The lowest BCUT2D eigenvalue weighted by atomic mass is 10.1. The average Bonchev–Trinajstić information content (AvgIpc) is 2.97. The monoisotopic (exact) mass is 378 g/mol. The van der Waals surface area contributed by atoms with Gasteiger partial charge in [-0.1, -0.05) is 36.4 Å². The molecule has 0 saturated carbocycles. The lowest BCUT2D eigenvalue weighted by molar-refractivity contribution is -0.385. The zero-order valence-electron chi connectivity index (χ0n) is 16.1. The van der Waals surface area contributed by atoms with Gasteiger partial charge in [0.05, 0.1) is 22.7 Å². The topological polar surface area (TPSA) is 81.3 Å². The molecule has 2 aromatic carbocycles. The van der Waals surface area contributed by atoms with Gasteiger partial charge in [0.1, 0.15) is 0 Å². The summed E-state index contributed by atoms with van der Waals surface area (Å²) in [5.41, 5.74) is 4.14. The van der Waals surface area contributed by atoms with Gasteiger partial charge >= 0.3 is 0 Å². The van der Waals surface area contributed by atoms with Crippen LogP contribution in [0.1, 0.15) is 22.5 Å². The molecule has 0 spiro atoms. The van der Waals surface area contributed by atoms with Crippen LogP contribution in [0.5, 0.6) is 0 Å². The Hall–Kier alpha value is -3.48. The molecule has 28 heavy (non-hydrogen) atoms. The number of aromatic nitrogens is 2. The van der Waals surface area contributed by atoms with Crippen LogP contribution in [0, 0.1) is 24.0 Å². The third-order valence-electron chi connectivity index (χ3n) is 4.79. The van der Waals surface area contributed by atoms with Crippen molar-refractivity contribution in [2.45, 2.75) is 26.8 Å². The summed E-state index contributed by atoms with van der Waals surface area (Å²) in [6.07, 6.45) is -0.0153. The zero-order valence-corrected chi connectivity index (χ0v) is 16.1. The van der Waals surface area contributed by atoms with Crippen LogP contribution in [-0.2, 0) is 17.8 Å². The molecule has 0 bridgehead atoms. The maximum atomic E-state index is 12.7. The van der Waals surface area contributed by atoms with Crippen molar-refractivity contribution in [3.8, 4) is 5.69 Å². The Morgan fingerprint density at radius 2 is 1.75 bits per heavy atom. The lowest BCUT2D eigenvalue weighted by Gasteiger charge is -2.18. The van der Waals surface area contributed by atoms with E-state index in [9.17, 15) is 14.9 Å². The molecule has 0 fully saturated rings. The van der Waals surface area contributed by atoms with Crippen LogP contribution in [0.25, 0.3) is 5.69 Å². The Labute approximate surface area is 163 Å². The molecule has 0 aliphatic carbocycles. The summed E-state index contributed by atoms with van der Waals surface area (Å²) in [4.78, 5) is 25.0. The van der Waals surface area contributed by atoms with Crippen LogP contribution in [0.15, 0.2) is 54.6 Å². The molecule has 7 nitrogen and oxygen atoms in total. The number of hydrogen-bond acceptors (Lipinski definition) is 4. The van der Waals surface area contributed by atoms with Gasteiger partial charge < -0.3 is 4.90 Å². The second-order valence-electron chi connectivity index (χ2n) is 6.71. The van der Waals surface area contributed by atoms with Gasteiger partial charge in [0.15, 0.2) is 0 Å². The van der Waals surface area contributed by atoms with Gasteiger partial charge in [0, 0.05) is 36.5 Å². The Kier molecular flexibility index (Phi) is 5.54. The van der Waals surface area contributed by atoms with Crippen LogP contribution in [0.2, 0.25) is 0 Å². The Morgan fingerprint density at radius 1 is 1.11 bits per heavy atom. The standard InChI is InChI=1S/C21H22N4O3/c1-15-19(16(2)24(22-15)18-10-5-4-6-11-18)14-23(3)21(26)13-17-9-7-8-12-20(17)25(27)28/h4-12H,13-14H2,1-3H3. The Bertz CT molecular complexity index is 1010. The van der Waals surface area contributed by atoms with Crippen LogP contribution in [0.4, 0.5) is 5.69 Å². The Morgan fingerprint density at radius 3 is 2.43 bits per heavy atom. The summed E-state index contributed by atoms with van der Waals surface area (Å²) in [7, 11) is 1.70. The SMILES string of the molecule is Cc1nn(-c2ccccc2)c(C)c1CN(C)C(=O)Cc1ccccc1[N+](=O)[O-]. The number of benzene rings is 2. The Balaban J connectivity index is 1.78. The fraction of sp³-hybridized carbons (Fsp3) is 0.238. The van der Waals surface area contributed by atoms with Crippen molar-refractivity contribution < 1.29 is 9.72 Å². The van der Waals surface area contributed by atoms with E-state index in [1.54, 1.807) is 30.1 Å². The van der Waals surface area contributed by atoms with E-state index < -0.39 is 4.92 Å². The summed E-state index contributed by atoms with van der Waals surface area (Å²) in [6.45, 7) is 4.29. The average molecular weight is 378 g/mol. The zero-order chi connectivity index (χ0) is 20.3. The van der Waals surface area contributed by atoms with E-state index in [0.717, 1.165) is 22.6 Å². The van der Waals surface area contributed by atoms with Gasteiger partial charge in [-0.05, 0) is 26.0 Å². The molecule has 0 radical (unpaired) electrons. The normalized spacial score (nSPS) is 10.7. The molecule has 1 heterocycles. The number of carbonyl (C=O) groups is 1. The molecule has 0 saturated heterocycles. The molecule has 0 N–H and O–H groups in total. The van der Waals surface area contributed by atoms with Crippen molar-refractivity contribution in [1.29, 1.82) is 0 Å². The van der Waals surface area contributed by atoms with Gasteiger partial charge in [-0.25, -0.2) is 4.68 Å². The van der Waals surface area contributed by atoms with Gasteiger partial charge in [0.25, 0.3) is 5.69 Å². The van der Waals surface area contributed by atoms with E-state index in [0.29, 0.717) is 12.1 Å². The fourth-order valence-corrected chi connectivity index (χ4v) is 3.19. The van der Waals surface area contributed by atoms with Crippen molar-refractivity contribution in [1.82, 2.24) is 14.7 Å². The number of hydrogen-bond donors (Lipinski definition) is 0. The molecular formula is C21H22N4O3. The first-order valence-electron chi connectivity index (χ1n) is 8.95. The summed E-state index contributed by atoms with van der Waals surface area (Å²) >= 11 is 0. The van der Waals surface area contributed by atoms with E-state index in [1.165, 1.54) is 6.07 Å². The second kappa shape index (κ2) is 8.04. The first kappa shape index (κ1) is 19.3. The summed E-state index contributed by atoms with van der Waals surface area (Å²) in [6, 6.07) is 16.1. The summed E-state index contributed by atoms with van der Waals surface area (Å²) in [5, 5.41) is 15.8. The molecule has 0 aliphatic heterocycles. The first-order valence-corrected chi connectivity index (χ1v) is 8.95. The highest BCUT2D eigenvalue weighted by Gasteiger charge is 2.20. The highest BCUT2D eigenvalue weighted by Crippen LogP contribution is 2.21. The third kappa shape index (κ3) is 3.93. The summed E-state index contributed by atoms with van der Waals surface area (Å²) in [5.74, 6) is -0.180. The molecule has 3 rings (SSSR count). The number of nitrogens with zero attached hydrogens (tertiary/aromatic N) is 4. The number of carbonyl (C=O) groups excluding carboxylic acids is 1. The molecule has 0 aliphatic rings. The van der Waals surface area contributed by atoms with E-state index in [2.05, 4.69) is 5.10 Å². The number of amides is 1. The molecule has 144 valence electrons. The number of likely N-dealkylation sites (N-methyl/N-ethyl adjacent to an activating group) is 1. The molecule has 3 aromatic rings. The van der Waals surface area contributed by atoms with Gasteiger partial charge in [-0.15, -0.1) is 0 Å². The predicted molar refractivity (Wildman–Crippen MR) is 106 cm³/mol. The molecule has 0 unspecified atom stereocenters. The third-order valence-corrected chi connectivity index (χ3v) is 4.79. The minimum absolute atomic E-state index is 0.0153. The maximum absolute atomic E-state index is 12.7. The van der Waals surface area contributed by atoms with Crippen LogP contribution < -0.4 is 0 Å². The molecular weight excluding hydrogens is 356 g/mol. The number of nitro benzene ring substituents is 1. The highest BCUT2D eigenvalue weighted by molar-refractivity contribution is 5.79. The number of nitro groups is 1. The molecule has 0 atom stereocenters. The van der Waals surface area contributed by atoms with E-state index >= 15 is 0 Å². The van der Waals surface area contributed by atoms with Crippen molar-refractivity contribution >= 4 is 11.6 Å². The van der Waals surface area contributed by atoms with E-state index in [1.807, 2.05) is 48.9 Å². The van der Waals surface area contributed by atoms with Gasteiger partial charge in [-0.3, -0.25) is 14.9 Å². The maximum Gasteiger partial charge on any atom is 0.273 e. The van der Waals surface area contributed by atoms with E-state index in [-0.39, 0.29) is 18.0 Å². The van der Waals surface area contributed by atoms with Crippen molar-refractivity contribution in [3.63, 3.8) is 0 Å². The van der Waals surface area contributed by atoms with Crippen LogP contribution >= 0.6 is 0 Å².